The number of ether oxygens (including phenoxy) is 1. The number of aryl methyl sites for hydroxylation is 1. The highest BCUT2D eigenvalue weighted by Gasteiger charge is 2.21. The third kappa shape index (κ3) is 6.07. The predicted molar refractivity (Wildman–Crippen MR) is 132 cm³/mol. The highest BCUT2D eigenvalue weighted by molar-refractivity contribution is 7.90. The summed E-state index contributed by atoms with van der Waals surface area (Å²) in [6, 6.07) is 24.3. The zero-order chi connectivity index (χ0) is 24.0. The molecule has 0 bridgehead atoms. The van der Waals surface area contributed by atoms with E-state index in [9.17, 15) is 13.2 Å². The topological polar surface area (TPSA) is 82.0 Å². The van der Waals surface area contributed by atoms with E-state index in [0.29, 0.717) is 18.7 Å². The van der Waals surface area contributed by atoms with Gasteiger partial charge < -0.3 is 9.57 Å². The van der Waals surface area contributed by atoms with Crippen LogP contribution in [0.5, 0.6) is 0 Å². The highest BCUT2D eigenvalue weighted by atomic mass is 32.2. The number of allylic oxidation sites excluding steroid dienone is 1. The third-order valence-electron chi connectivity index (χ3n) is 5.46. The maximum atomic E-state index is 12.2. The molecule has 0 atom stereocenters. The van der Waals surface area contributed by atoms with Crippen molar-refractivity contribution in [3.63, 3.8) is 0 Å². The van der Waals surface area contributed by atoms with Crippen molar-refractivity contribution in [1.29, 1.82) is 0 Å². The minimum atomic E-state index is -3.27. The molecule has 6 nitrogen and oxygen atoms in total. The zero-order valence-corrected chi connectivity index (χ0v) is 19.6. The van der Waals surface area contributed by atoms with Crippen molar-refractivity contribution in [3.05, 3.63) is 101 Å². The molecule has 0 heterocycles. The second kappa shape index (κ2) is 10.6. The molecule has 0 spiro atoms. The third-order valence-corrected chi connectivity index (χ3v) is 6.59. The SMILES string of the molecule is CS(=O)(=O)c1ccc(/C=C2\C(=N\OC(=O)COCc3ccccc3)CCc3ccccc32)cc1. The van der Waals surface area contributed by atoms with E-state index < -0.39 is 15.8 Å². The summed E-state index contributed by atoms with van der Waals surface area (Å²) in [4.78, 5) is 17.6. The molecule has 1 aliphatic carbocycles. The number of nitrogens with zero attached hydrogens (tertiary/aromatic N) is 1. The van der Waals surface area contributed by atoms with E-state index in [2.05, 4.69) is 11.2 Å². The first-order valence-electron chi connectivity index (χ1n) is 10.9. The minimum absolute atomic E-state index is 0.200. The van der Waals surface area contributed by atoms with Crippen LogP contribution in [0, 0.1) is 0 Å². The van der Waals surface area contributed by atoms with Gasteiger partial charge in [0, 0.05) is 11.8 Å². The molecule has 3 aromatic rings. The summed E-state index contributed by atoms with van der Waals surface area (Å²) in [7, 11) is -3.27. The second-order valence-corrected chi connectivity index (χ2v) is 10.1. The summed E-state index contributed by atoms with van der Waals surface area (Å²) < 4.78 is 29.0. The lowest BCUT2D eigenvalue weighted by atomic mass is 9.85. The zero-order valence-electron chi connectivity index (χ0n) is 18.8. The van der Waals surface area contributed by atoms with Crippen LogP contribution >= 0.6 is 0 Å². The Morgan fingerprint density at radius 1 is 0.941 bits per heavy atom. The molecule has 4 rings (SSSR count). The number of sulfone groups is 1. The van der Waals surface area contributed by atoms with Crippen molar-refractivity contribution in [2.24, 2.45) is 5.16 Å². The van der Waals surface area contributed by atoms with E-state index in [4.69, 9.17) is 9.57 Å². The minimum Gasteiger partial charge on any atom is -0.365 e. The van der Waals surface area contributed by atoms with E-state index in [1.807, 2.05) is 54.6 Å². The van der Waals surface area contributed by atoms with Crippen molar-refractivity contribution in [3.8, 4) is 0 Å². The van der Waals surface area contributed by atoms with Crippen molar-refractivity contribution in [2.45, 2.75) is 24.3 Å². The molecule has 0 amide bonds. The molecule has 3 aromatic carbocycles. The van der Waals surface area contributed by atoms with Crippen LogP contribution in [0.25, 0.3) is 11.6 Å². The lowest BCUT2D eigenvalue weighted by Crippen LogP contribution is -2.16. The lowest BCUT2D eigenvalue weighted by Gasteiger charge is -2.20. The van der Waals surface area contributed by atoms with Crippen molar-refractivity contribution >= 4 is 33.2 Å². The van der Waals surface area contributed by atoms with E-state index in [0.717, 1.165) is 28.7 Å². The molecular formula is C27H25NO5S. The van der Waals surface area contributed by atoms with Crippen LogP contribution in [0.1, 0.15) is 28.7 Å². The number of oxime groups is 1. The number of rotatable bonds is 7. The molecule has 0 N–H and O–H groups in total. The summed E-state index contributed by atoms with van der Waals surface area (Å²) in [5.74, 6) is -0.570. The summed E-state index contributed by atoms with van der Waals surface area (Å²) in [5, 5.41) is 4.17. The van der Waals surface area contributed by atoms with Crippen LogP contribution in [0.2, 0.25) is 0 Å². The van der Waals surface area contributed by atoms with Crippen molar-refractivity contribution in [1.82, 2.24) is 0 Å². The number of hydrogen-bond acceptors (Lipinski definition) is 6. The van der Waals surface area contributed by atoms with Crippen LogP contribution in [0.15, 0.2) is 88.9 Å². The molecule has 174 valence electrons. The van der Waals surface area contributed by atoms with E-state index >= 15 is 0 Å². The Labute approximate surface area is 199 Å². The molecule has 0 saturated heterocycles. The van der Waals surface area contributed by atoms with Gasteiger partial charge in [0.2, 0.25) is 0 Å². The Balaban J connectivity index is 1.51. The lowest BCUT2D eigenvalue weighted by molar-refractivity contribution is -0.149. The van der Waals surface area contributed by atoms with E-state index in [1.54, 1.807) is 24.3 Å². The predicted octanol–water partition coefficient (Wildman–Crippen LogP) is 4.69. The van der Waals surface area contributed by atoms with Gasteiger partial charge in [0.05, 0.1) is 17.2 Å². The van der Waals surface area contributed by atoms with Gasteiger partial charge in [0.15, 0.2) is 9.84 Å². The first-order valence-corrected chi connectivity index (χ1v) is 12.8. The first-order chi connectivity index (χ1) is 16.4. The Kier molecular flexibility index (Phi) is 7.35. The summed E-state index contributed by atoms with van der Waals surface area (Å²) in [6.07, 6.45) is 4.51. The normalized spacial score (nSPS) is 15.8. The van der Waals surface area contributed by atoms with E-state index in [1.165, 1.54) is 11.8 Å². The maximum Gasteiger partial charge on any atom is 0.360 e. The largest absolute Gasteiger partial charge is 0.365 e. The molecule has 0 aromatic heterocycles. The first kappa shape index (κ1) is 23.6. The Morgan fingerprint density at radius 3 is 2.38 bits per heavy atom. The summed E-state index contributed by atoms with van der Waals surface area (Å²) in [6.45, 7) is 0.114. The van der Waals surface area contributed by atoms with E-state index in [-0.39, 0.29) is 11.5 Å². The van der Waals surface area contributed by atoms with Gasteiger partial charge in [0.1, 0.15) is 6.61 Å². The second-order valence-electron chi connectivity index (χ2n) is 8.04. The fourth-order valence-electron chi connectivity index (χ4n) is 3.74. The van der Waals surface area contributed by atoms with Crippen molar-refractivity contribution < 1.29 is 22.8 Å². The van der Waals surface area contributed by atoms with Crippen LogP contribution in [-0.4, -0.2) is 33.0 Å². The number of hydrogen-bond donors (Lipinski definition) is 0. The fraction of sp³-hybridized carbons (Fsp3) is 0.185. The number of fused-ring (bicyclic) bond motifs is 1. The van der Waals surface area contributed by atoms with Gasteiger partial charge in [-0.1, -0.05) is 71.9 Å². The van der Waals surface area contributed by atoms with Gasteiger partial charge in [-0.2, -0.15) is 0 Å². The van der Waals surface area contributed by atoms with Gasteiger partial charge in [0.25, 0.3) is 0 Å². The Morgan fingerprint density at radius 2 is 1.65 bits per heavy atom. The molecular weight excluding hydrogens is 450 g/mol. The molecule has 0 saturated carbocycles. The van der Waals surface area contributed by atoms with Gasteiger partial charge in [-0.15, -0.1) is 0 Å². The van der Waals surface area contributed by atoms with Gasteiger partial charge in [-0.3, -0.25) is 0 Å². The van der Waals surface area contributed by atoms with Crippen molar-refractivity contribution in [2.75, 3.05) is 12.9 Å². The fourth-order valence-corrected chi connectivity index (χ4v) is 4.37. The molecule has 7 heteroatoms. The molecule has 0 fully saturated rings. The monoisotopic (exact) mass is 475 g/mol. The smallest absolute Gasteiger partial charge is 0.360 e. The Hall–Kier alpha value is -3.55. The quantitative estimate of drug-likeness (QED) is 0.366. The molecule has 0 unspecified atom stereocenters. The number of carbonyl (C=O) groups excluding carboxylic acids is 1. The van der Waals surface area contributed by atoms with Crippen LogP contribution in [0.4, 0.5) is 0 Å². The standard InChI is InChI=1S/C27H25NO5S/c1-34(30,31)23-14-11-20(12-15-23)17-25-24-10-6-5-9-22(24)13-16-26(25)28-33-27(29)19-32-18-21-7-3-2-4-8-21/h2-12,14-15,17H,13,16,18-19H2,1H3/b25-17-,28-26+. The number of benzene rings is 3. The Bertz CT molecular complexity index is 1330. The molecule has 0 aliphatic heterocycles. The number of carbonyl (C=O) groups is 1. The molecule has 34 heavy (non-hydrogen) atoms. The van der Waals surface area contributed by atoms with Gasteiger partial charge in [-0.25, -0.2) is 13.2 Å². The highest BCUT2D eigenvalue weighted by Crippen LogP contribution is 2.31. The average Bonchev–Trinajstić information content (AvgIpc) is 2.84. The maximum absolute atomic E-state index is 12.2. The van der Waals surface area contributed by atoms with Crippen LogP contribution in [-0.2, 0) is 37.2 Å². The average molecular weight is 476 g/mol. The van der Waals surface area contributed by atoms with Crippen LogP contribution < -0.4 is 0 Å². The summed E-state index contributed by atoms with van der Waals surface area (Å²) >= 11 is 0. The summed E-state index contributed by atoms with van der Waals surface area (Å²) in [5.41, 5.74) is 5.48. The van der Waals surface area contributed by atoms with Gasteiger partial charge in [-0.05, 0) is 53.3 Å². The molecule has 0 radical (unpaired) electrons. The van der Waals surface area contributed by atoms with Gasteiger partial charge >= 0.3 is 5.97 Å². The van der Waals surface area contributed by atoms with Crippen LogP contribution in [0.3, 0.4) is 0 Å². The molecule has 1 aliphatic rings.